The molecule has 18 heavy (non-hydrogen) atoms. The molecule has 0 saturated heterocycles. The topological polar surface area (TPSA) is 26.3 Å². The molecule has 0 spiro atoms. The number of hydrogen-bond donors (Lipinski definition) is 0. The highest BCUT2D eigenvalue weighted by Crippen LogP contribution is 2.44. The van der Waals surface area contributed by atoms with Gasteiger partial charge in [0.1, 0.15) is 0 Å². The average Bonchev–Trinajstić information content (AvgIpc) is 2.69. The molecule has 1 atom stereocenters. The summed E-state index contributed by atoms with van der Waals surface area (Å²) in [7, 11) is 0. The molecular weight excluding hydrogens is 224 g/mol. The van der Waals surface area contributed by atoms with Gasteiger partial charge < -0.3 is 4.74 Å². The molecule has 0 fully saturated rings. The second-order valence-corrected chi connectivity index (χ2v) is 5.06. The van der Waals surface area contributed by atoms with Gasteiger partial charge in [-0.05, 0) is 41.9 Å². The van der Waals surface area contributed by atoms with Crippen molar-refractivity contribution in [2.24, 2.45) is 5.92 Å². The lowest BCUT2D eigenvalue weighted by Crippen LogP contribution is -2.02. The number of benzene rings is 1. The van der Waals surface area contributed by atoms with Crippen molar-refractivity contribution in [3.63, 3.8) is 0 Å². The Balaban J connectivity index is 2.34. The van der Waals surface area contributed by atoms with Gasteiger partial charge in [0.05, 0.1) is 6.61 Å². The molecule has 0 amide bonds. The number of rotatable bonds is 3. The SMILES string of the molecule is CCOC(=O)/C=C1\CC(C(C)C)c2ccccc21. The third-order valence-corrected chi connectivity index (χ3v) is 3.53. The van der Waals surface area contributed by atoms with Crippen LogP contribution in [0.2, 0.25) is 0 Å². The lowest BCUT2D eigenvalue weighted by Gasteiger charge is -2.14. The number of hydrogen-bond acceptors (Lipinski definition) is 2. The van der Waals surface area contributed by atoms with Crippen LogP contribution < -0.4 is 0 Å². The van der Waals surface area contributed by atoms with Crippen molar-refractivity contribution in [3.05, 3.63) is 41.5 Å². The maximum absolute atomic E-state index is 11.6. The molecule has 1 aromatic carbocycles. The lowest BCUT2D eigenvalue weighted by molar-refractivity contribution is -0.137. The van der Waals surface area contributed by atoms with Gasteiger partial charge in [0, 0.05) is 6.08 Å². The normalized spacial score (nSPS) is 20.2. The van der Waals surface area contributed by atoms with E-state index in [1.54, 1.807) is 6.08 Å². The number of esters is 1. The fourth-order valence-electron chi connectivity index (χ4n) is 2.63. The summed E-state index contributed by atoms with van der Waals surface area (Å²) in [5.41, 5.74) is 3.69. The van der Waals surface area contributed by atoms with Crippen molar-refractivity contribution in [2.75, 3.05) is 6.61 Å². The first-order chi connectivity index (χ1) is 8.63. The van der Waals surface area contributed by atoms with Crippen molar-refractivity contribution in [1.82, 2.24) is 0 Å². The van der Waals surface area contributed by atoms with Crippen molar-refractivity contribution < 1.29 is 9.53 Å². The number of carbonyl (C=O) groups excluding carboxylic acids is 1. The summed E-state index contributed by atoms with van der Waals surface area (Å²) in [6, 6.07) is 8.37. The molecule has 1 aliphatic rings. The zero-order chi connectivity index (χ0) is 13.1. The van der Waals surface area contributed by atoms with E-state index < -0.39 is 0 Å². The van der Waals surface area contributed by atoms with E-state index >= 15 is 0 Å². The Labute approximate surface area is 109 Å². The molecule has 2 nitrogen and oxygen atoms in total. The van der Waals surface area contributed by atoms with Gasteiger partial charge in [0.15, 0.2) is 0 Å². The maximum atomic E-state index is 11.6. The minimum atomic E-state index is -0.230. The third kappa shape index (κ3) is 2.47. The first kappa shape index (κ1) is 12.9. The van der Waals surface area contributed by atoms with Gasteiger partial charge in [0.25, 0.3) is 0 Å². The molecule has 0 radical (unpaired) electrons. The average molecular weight is 244 g/mol. The molecule has 1 aromatic rings. The molecular formula is C16H20O2. The van der Waals surface area contributed by atoms with E-state index in [0.717, 1.165) is 12.0 Å². The molecule has 0 bridgehead atoms. The Morgan fingerprint density at radius 3 is 2.83 bits per heavy atom. The molecule has 0 saturated carbocycles. The Bertz CT molecular complexity index is 472. The Morgan fingerprint density at radius 2 is 2.17 bits per heavy atom. The molecule has 0 heterocycles. The van der Waals surface area contributed by atoms with Gasteiger partial charge >= 0.3 is 5.97 Å². The van der Waals surface area contributed by atoms with Crippen molar-refractivity contribution in [1.29, 1.82) is 0 Å². The summed E-state index contributed by atoms with van der Waals surface area (Å²) in [5.74, 6) is 0.868. The van der Waals surface area contributed by atoms with Crippen LogP contribution in [0.25, 0.3) is 5.57 Å². The Hall–Kier alpha value is -1.57. The van der Waals surface area contributed by atoms with Crippen LogP contribution in [0.3, 0.4) is 0 Å². The number of ether oxygens (including phenoxy) is 1. The fraction of sp³-hybridized carbons (Fsp3) is 0.438. The summed E-state index contributed by atoms with van der Waals surface area (Å²) >= 11 is 0. The van der Waals surface area contributed by atoms with Crippen molar-refractivity contribution in [3.8, 4) is 0 Å². The third-order valence-electron chi connectivity index (χ3n) is 3.53. The minimum Gasteiger partial charge on any atom is -0.463 e. The van der Waals surface area contributed by atoms with Gasteiger partial charge in [0.2, 0.25) is 0 Å². The molecule has 0 N–H and O–H groups in total. The van der Waals surface area contributed by atoms with Crippen LogP contribution in [0, 0.1) is 5.92 Å². The van der Waals surface area contributed by atoms with Crippen LogP contribution >= 0.6 is 0 Å². The van der Waals surface area contributed by atoms with Crippen LogP contribution in [0.1, 0.15) is 44.2 Å². The second-order valence-electron chi connectivity index (χ2n) is 5.06. The number of allylic oxidation sites excluding steroid dienone is 1. The molecule has 2 heteroatoms. The van der Waals surface area contributed by atoms with Crippen molar-refractivity contribution >= 4 is 11.5 Å². The lowest BCUT2D eigenvalue weighted by atomic mass is 9.90. The van der Waals surface area contributed by atoms with E-state index in [-0.39, 0.29) is 5.97 Å². The predicted molar refractivity (Wildman–Crippen MR) is 73.2 cm³/mol. The fourth-order valence-corrected chi connectivity index (χ4v) is 2.63. The summed E-state index contributed by atoms with van der Waals surface area (Å²) in [6.45, 7) is 6.72. The van der Waals surface area contributed by atoms with Gasteiger partial charge in [-0.2, -0.15) is 0 Å². The standard InChI is InChI=1S/C16H20O2/c1-4-18-16(17)10-12-9-15(11(2)3)14-8-6-5-7-13(12)14/h5-8,10-11,15H,4,9H2,1-3H3/b12-10+. The summed E-state index contributed by atoms with van der Waals surface area (Å²) in [5, 5.41) is 0. The first-order valence-electron chi connectivity index (χ1n) is 6.60. The summed E-state index contributed by atoms with van der Waals surface area (Å²) < 4.78 is 5.00. The number of fused-ring (bicyclic) bond motifs is 1. The zero-order valence-corrected chi connectivity index (χ0v) is 11.3. The Kier molecular flexibility index (Phi) is 3.85. The van der Waals surface area contributed by atoms with Crippen LogP contribution in [-0.4, -0.2) is 12.6 Å². The molecule has 2 rings (SSSR count). The van der Waals surface area contributed by atoms with Crippen LogP contribution in [0.15, 0.2) is 30.3 Å². The van der Waals surface area contributed by atoms with Crippen LogP contribution in [0.5, 0.6) is 0 Å². The highest BCUT2D eigenvalue weighted by Gasteiger charge is 2.28. The number of carbonyl (C=O) groups is 1. The van der Waals surface area contributed by atoms with Gasteiger partial charge in [-0.25, -0.2) is 4.79 Å². The van der Waals surface area contributed by atoms with E-state index in [1.807, 2.05) is 13.0 Å². The molecule has 96 valence electrons. The predicted octanol–water partition coefficient (Wildman–Crippen LogP) is 3.78. The smallest absolute Gasteiger partial charge is 0.331 e. The van der Waals surface area contributed by atoms with E-state index in [1.165, 1.54) is 11.1 Å². The highest BCUT2D eigenvalue weighted by molar-refractivity contribution is 5.93. The van der Waals surface area contributed by atoms with Crippen LogP contribution in [-0.2, 0) is 9.53 Å². The van der Waals surface area contributed by atoms with Gasteiger partial charge in [-0.15, -0.1) is 0 Å². The quantitative estimate of drug-likeness (QED) is 0.597. The largest absolute Gasteiger partial charge is 0.463 e. The Morgan fingerprint density at radius 1 is 1.44 bits per heavy atom. The molecule has 1 aliphatic carbocycles. The van der Waals surface area contributed by atoms with Gasteiger partial charge in [-0.1, -0.05) is 38.1 Å². The second kappa shape index (κ2) is 5.38. The monoisotopic (exact) mass is 244 g/mol. The van der Waals surface area contributed by atoms with E-state index in [4.69, 9.17) is 4.74 Å². The van der Waals surface area contributed by atoms with Gasteiger partial charge in [-0.3, -0.25) is 0 Å². The maximum Gasteiger partial charge on any atom is 0.331 e. The molecule has 1 unspecified atom stereocenters. The first-order valence-corrected chi connectivity index (χ1v) is 6.60. The summed E-state index contributed by atoms with van der Waals surface area (Å²) in [6.07, 6.45) is 2.60. The van der Waals surface area contributed by atoms with Crippen molar-refractivity contribution in [2.45, 2.75) is 33.1 Å². The van der Waals surface area contributed by atoms with E-state index in [9.17, 15) is 4.79 Å². The minimum absolute atomic E-state index is 0.230. The summed E-state index contributed by atoms with van der Waals surface area (Å²) in [4.78, 5) is 11.6. The highest BCUT2D eigenvalue weighted by atomic mass is 16.5. The zero-order valence-electron chi connectivity index (χ0n) is 11.3. The van der Waals surface area contributed by atoms with E-state index in [2.05, 4.69) is 32.0 Å². The van der Waals surface area contributed by atoms with E-state index in [0.29, 0.717) is 18.4 Å². The van der Waals surface area contributed by atoms with Crippen LogP contribution in [0.4, 0.5) is 0 Å². The molecule has 0 aliphatic heterocycles. The molecule has 0 aromatic heterocycles.